The Kier molecular flexibility index (Phi) is 24.7. The third-order valence-corrected chi connectivity index (χ3v) is 4.51. The number of ether oxygens (including phenoxy) is 1. The number of pyridine rings is 1. The van der Waals surface area contributed by atoms with E-state index in [1.165, 1.54) is 71.0 Å². The zero-order valence-corrected chi connectivity index (χ0v) is 22.1. The van der Waals surface area contributed by atoms with Crippen molar-refractivity contribution in [3.05, 3.63) is 92.6 Å². The SMILES string of the molecule is C1=NCCO1.C1CCNC1.C1CCNCC1.c1c[nH]cn1.c1ccncc1.c1cn[nH]c1.c1cncnc1. The first-order chi connectivity index (χ1) is 19.0. The van der Waals surface area contributed by atoms with Crippen LogP contribution in [0.4, 0.5) is 0 Å². The average molecular weight is 523 g/mol. The lowest BCUT2D eigenvalue weighted by molar-refractivity contribution is 0.361. The Morgan fingerprint density at radius 1 is 0.579 bits per heavy atom. The number of H-pyrrole nitrogens is 2. The summed E-state index contributed by atoms with van der Waals surface area (Å²) in [6.45, 7) is 6.62. The van der Waals surface area contributed by atoms with Gasteiger partial charge in [-0.15, -0.1) is 0 Å². The molecule has 7 heterocycles. The van der Waals surface area contributed by atoms with Crippen LogP contribution < -0.4 is 10.6 Å². The molecule has 4 aromatic heterocycles. The minimum Gasteiger partial charge on any atom is -0.482 e. The van der Waals surface area contributed by atoms with Crippen LogP contribution in [0.3, 0.4) is 0 Å². The molecule has 7 rings (SSSR count). The van der Waals surface area contributed by atoms with E-state index in [4.69, 9.17) is 0 Å². The first-order valence-corrected chi connectivity index (χ1v) is 12.9. The van der Waals surface area contributed by atoms with Crippen molar-refractivity contribution in [2.45, 2.75) is 32.1 Å². The number of hydrogen-bond acceptors (Lipinski definition) is 9. The summed E-state index contributed by atoms with van der Waals surface area (Å²) >= 11 is 0. The Hall–Kier alpha value is -3.96. The normalized spacial score (nSPS) is 14.1. The van der Waals surface area contributed by atoms with Gasteiger partial charge in [-0.2, -0.15) is 5.10 Å². The molecule has 38 heavy (non-hydrogen) atoms. The van der Waals surface area contributed by atoms with Crippen LogP contribution in [-0.4, -0.2) is 80.8 Å². The molecule has 0 aliphatic carbocycles. The second-order valence-corrected chi connectivity index (χ2v) is 7.61. The van der Waals surface area contributed by atoms with Gasteiger partial charge in [-0.05, 0) is 76.1 Å². The third-order valence-electron chi connectivity index (χ3n) is 4.51. The number of nitrogens with zero attached hydrogens (tertiary/aromatic N) is 6. The molecule has 11 nitrogen and oxygen atoms in total. The highest BCUT2D eigenvalue weighted by Crippen LogP contribution is 1.96. The lowest BCUT2D eigenvalue weighted by Crippen LogP contribution is -2.21. The van der Waals surface area contributed by atoms with Crippen molar-refractivity contribution < 1.29 is 4.74 Å². The number of hydrogen-bond donors (Lipinski definition) is 4. The van der Waals surface area contributed by atoms with Crippen molar-refractivity contribution in [2.24, 2.45) is 4.99 Å². The molecule has 2 saturated heterocycles. The average Bonchev–Trinajstić information content (AvgIpc) is 3.88. The molecule has 0 atom stereocenters. The third kappa shape index (κ3) is 26.6. The molecule has 0 unspecified atom stereocenters. The minimum atomic E-state index is 0.778. The first-order valence-electron chi connectivity index (χ1n) is 12.9. The molecule has 0 bridgehead atoms. The fourth-order valence-electron chi connectivity index (χ4n) is 2.69. The van der Waals surface area contributed by atoms with Gasteiger partial charge in [0, 0.05) is 49.6 Å². The van der Waals surface area contributed by atoms with Crippen molar-refractivity contribution in [2.75, 3.05) is 39.3 Å². The zero-order valence-electron chi connectivity index (χ0n) is 22.1. The number of aromatic nitrogens is 7. The second kappa shape index (κ2) is 29.3. The number of rotatable bonds is 0. The van der Waals surface area contributed by atoms with E-state index in [1.54, 1.807) is 62.0 Å². The number of piperidine rings is 1. The van der Waals surface area contributed by atoms with Gasteiger partial charge in [0.15, 0.2) is 6.40 Å². The van der Waals surface area contributed by atoms with Gasteiger partial charge in [0.25, 0.3) is 0 Å². The Balaban J connectivity index is 0.000000222. The predicted octanol–water partition coefficient (Wildman–Crippen LogP) is 3.55. The second-order valence-electron chi connectivity index (χ2n) is 7.61. The van der Waals surface area contributed by atoms with E-state index in [1.807, 2.05) is 24.3 Å². The lowest BCUT2D eigenvalue weighted by Gasteiger charge is -2.08. The van der Waals surface area contributed by atoms with E-state index in [0.717, 1.165) is 13.2 Å². The largest absolute Gasteiger partial charge is 0.482 e. The van der Waals surface area contributed by atoms with Crippen LogP contribution in [0.15, 0.2) is 97.6 Å². The topological polar surface area (TPSA) is 142 Å². The lowest BCUT2D eigenvalue weighted by atomic mass is 10.2. The molecule has 3 aliphatic rings. The highest BCUT2D eigenvalue weighted by molar-refractivity contribution is 5.47. The highest BCUT2D eigenvalue weighted by Gasteiger charge is 1.94. The van der Waals surface area contributed by atoms with Gasteiger partial charge in [0.05, 0.1) is 12.9 Å². The summed E-state index contributed by atoms with van der Waals surface area (Å²) in [6, 6.07) is 9.33. The molecule has 3 aliphatic heterocycles. The van der Waals surface area contributed by atoms with Gasteiger partial charge >= 0.3 is 0 Å². The summed E-state index contributed by atoms with van der Waals surface area (Å²) in [5.41, 5.74) is 0. The van der Waals surface area contributed by atoms with Gasteiger partial charge in [0.2, 0.25) is 0 Å². The number of nitrogens with one attached hydrogen (secondary N) is 4. The van der Waals surface area contributed by atoms with Crippen molar-refractivity contribution in [3.63, 3.8) is 0 Å². The molecular weight excluding hydrogens is 480 g/mol. The quantitative estimate of drug-likeness (QED) is 0.275. The van der Waals surface area contributed by atoms with E-state index in [-0.39, 0.29) is 0 Å². The summed E-state index contributed by atoms with van der Waals surface area (Å²) in [4.78, 5) is 21.3. The minimum absolute atomic E-state index is 0.778. The van der Waals surface area contributed by atoms with Crippen molar-refractivity contribution >= 4 is 6.40 Å². The van der Waals surface area contributed by atoms with E-state index in [9.17, 15) is 0 Å². The monoisotopic (exact) mass is 522 g/mol. The van der Waals surface area contributed by atoms with Crippen LogP contribution in [0.5, 0.6) is 0 Å². The van der Waals surface area contributed by atoms with Gasteiger partial charge < -0.3 is 20.4 Å². The number of imidazole rings is 1. The van der Waals surface area contributed by atoms with Gasteiger partial charge in [-0.25, -0.2) is 15.0 Å². The molecule has 0 amide bonds. The van der Waals surface area contributed by atoms with E-state index in [2.05, 4.69) is 55.5 Å². The maximum Gasteiger partial charge on any atom is 0.169 e. The fraction of sp³-hybridized carbons (Fsp3) is 0.407. The van der Waals surface area contributed by atoms with Crippen LogP contribution in [0.25, 0.3) is 0 Å². The highest BCUT2D eigenvalue weighted by atomic mass is 16.5. The van der Waals surface area contributed by atoms with Crippen molar-refractivity contribution in [3.8, 4) is 0 Å². The van der Waals surface area contributed by atoms with Gasteiger partial charge in [-0.1, -0.05) is 12.5 Å². The smallest absolute Gasteiger partial charge is 0.169 e. The van der Waals surface area contributed by atoms with Crippen LogP contribution >= 0.6 is 0 Å². The van der Waals surface area contributed by atoms with E-state index < -0.39 is 0 Å². The molecule has 0 spiro atoms. The van der Waals surface area contributed by atoms with Gasteiger partial charge in [0.1, 0.15) is 12.9 Å². The predicted molar refractivity (Wildman–Crippen MR) is 152 cm³/mol. The standard InChI is InChI=1S/C5H11N.C5H5N.C4H4N2.C4H9N.2C3H4N2.C3H5NO/c2*1-2-4-6-5-3-1;1-2-5-4-6-3-1;1-2-4-5-3-1;1-2-5-3-4-1;1-2-4-5-3-1;1-2-5-3-4-1/h6H,1-5H2;1-5H;1-4H;5H,1-4H2;2*1-3H,(H,4,5);3H,1-2H2. The fourth-order valence-corrected chi connectivity index (χ4v) is 2.69. The molecular formula is C27H42N10O. The summed E-state index contributed by atoms with van der Waals surface area (Å²) in [7, 11) is 0. The number of aromatic amines is 2. The van der Waals surface area contributed by atoms with Crippen LogP contribution in [0.2, 0.25) is 0 Å². The molecule has 4 aromatic rings. The molecule has 0 saturated carbocycles. The number of aliphatic imine (C=N–C) groups is 1. The Morgan fingerprint density at radius 2 is 1.26 bits per heavy atom. The Labute approximate surface area is 226 Å². The van der Waals surface area contributed by atoms with Crippen LogP contribution in [-0.2, 0) is 4.74 Å². The maximum absolute atomic E-state index is 4.65. The van der Waals surface area contributed by atoms with E-state index in [0.29, 0.717) is 0 Å². The summed E-state index contributed by atoms with van der Waals surface area (Å²) in [6.07, 6.45) is 25.4. The van der Waals surface area contributed by atoms with Crippen molar-refractivity contribution in [1.29, 1.82) is 0 Å². The first kappa shape index (κ1) is 32.1. The molecule has 4 N–H and O–H groups in total. The molecule has 11 heteroatoms. The summed E-state index contributed by atoms with van der Waals surface area (Å²) in [5, 5.41) is 12.7. The van der Waals surface area contributed by atoms with Crippen molar-refractivity contribution in [1.82, 2.24) is 45.8 Å². The van der Waals surface area contributed by atoms with Crippen LogP contribution in [0.1, 0.15) is 32.1 Å². The Bertz CT molecular complexity index is 716. The summed E-state index contributed by atoms with van der Waals surface area (Å²) < 4.78 is 4.65. The van der Waals surface area contributed by atoms with Gasteiger partial charge in [-0.3, -0.25) is 15.1 Å². The molecule has 0 radical (unpaired) electrons. The maximum atomic E-state index is 4.65. The molecule has 0 aromatic carbocycles. The Morgan fingerprint density at radius 3 is 1.45 bits per heavy atom. The summed E-state index contributed by atoms with van der Waals surface area (Å²) in [5.74, 6) is 0. The van der Waals surface area contributed by atoms with Crippen LogP contribution in [0, 0.1) is 0 Å². The van der Waals surface area contributed by atoms with E-state index >= 15 is 0 Å². The molecule has 206 valence electrons. The molecule has 2 fully saturated rings. The zero-order chi connectivity index (χ0) is 26.9.